The summed E-state index contributed by atoms with van der Waals surface area (Å²) in [5.74, 6) is -1.73. The number of hydrogen-bond acceptors (Lipinski definition) is 3. The topological polar surface area (TPSA) is 74.7 Å². The van der Waals surface area contributed by atoms with Crippen LogP contribution in [0, 0.1) is 0 Å². The summed E-state index contributed by atoms with van der Waals surface area (Å²) >= 11 is 0. The van der Waals surface area contributed by atoms with Crippen molar-refractivity contribution >= 4 is 16.0 Å². The Labute approximate surface area is 111 Å². The summed E-state index contributed by atoms with van der Waals surface area (Å²) in [7, 11) is -3.33. The van der Waals surface area contributed by atoms with Gasteiger partial charge in [0, 0.05) is 13.1 Å². The van der Waals surface area contributed by atoms with Crippen LogP contribution in [0.5, 0.6) is 0 Å². The molecule has 1 heterocycles. The number of hydrogen-bond donors (Lipinski definition) is 1. The number of carboxylic acid groups (broad SMARTS) is 1. The van der Waals surface area contributed by atoms with Crippen LogP contribution < -0.4 is 0 Å². The fourth-order valence-corrected chi connectivity index (χ4v) is 4.39. The minimum atomic E-state index is -3.33. The Kier molecular flexibility index (Phi) is 2.87. The van der Waals surface area contributed by atoms with Gasteiger partial charge in [0.2, 0.25) is 10.0 Å². The third kappa shape index (κ3) is 2.15. The van der Waals surface area contributed by atoms with Crippen molar-refractivity contribution in [3.05, 3.63) is 35.4 Å². The highest BCUT2D eigenvalue weighted by Crippen LogP contribution is 2.36. The molecule has 0 saturated heterocycles. The smallest absolute Gasteiger partial charge is 0.312 e. The van der Waals surface area contributed by atoms with Gasteiger partial charge in [0.1, 0.15) is 0 Å². The molecule has 5 nitrogen and oxygen atoms in total. The molecular formula is C13H15NO4S. The number of carboxylic acids is 1. The van der Waals surface area contributed by atoms with Gasteiger partial charge in [-0.2, -0.15) is 4.31 Å². The number of carbonyl (C=O) groups is 1. The molecule has 0 aromatic heterocycles. The van der Waals surface area contributed by atoms with E-state index in [0.717, 1.165) is 11.1 Å². The predicted molar refractivity (Wildman–Crippen MR) is 69.2 cm³/mol. The van der Waals surface area contributed by atoms with Gasteiger partial charge in [0.15, 0.2) is 0 Å². The molecule has 0 spiro atoms. The minimum Gasteiger partial charge on any atom is -0.481 e. The van der Waals surface area contributed by atoms with Gasteiger partial charge in [0.25, 0.3) is 0 Å². The first-order valence-electron chi connectivity index (χ1n) is 6.29. The number of benzene rings is 1. The molecule has 1 saturated carbocycles. The van der Waals surface area contributed by atoms with Crippen molar-refractivity contribution < 1.29 is 18.3 Å². The van der Waals surface area contributed by atoms with E-state index >= 15 is 0 Å². The largest absolute Gasteiger partial charge is 0.481 e. The van der Waals surface area contributed by atoms with E-state index in [2.05, 4.69) is 0 Å². The van der Waals surface area contributed by atoms with Crippen molar-refractivity contribution in [2.45, 2.75) is 30.6 Å². The lowest BCUT2D eigenvalue weighted by molar-refractivity contribution is -0.139. The van der Waals surface area contributed by atoms with Crippen molar-refractivity contribution in [3.8, 4) is 0 Å². The van der Waals surface area contributed by atoms with Gasteiger partial charge < -0.3 is 5.11 Å². The predicted octanol–water partition coefficient (Wildman–Crippen LogP) is 1.16. The first kappa shape index (κ1) is 12.6. The quantitative estimate of drug-likeness (QED) is 0.902. The fourth-order valence-electron chi connectivity index (χ4n) is 2.56. The molecule has 1 aromatic carbocycles. The second-order valence-electron chi connectivity index (χ2n) is 5.13. The lowest BCUT2D eigenvalue weighted by atomic mass is 9.91. The third-order valence-corrected chi connectivity index (χ3v) is 6.08. The zero-order chi connectivity index (χ0) is 13.6. The van der Waals surface area contributed by atoms with Crippen molar-refractivity contribution in [2.24, 2.45) is 0 Å². The molecule has 1 aromatic rings. The van der Waals surface area contributed by atoms with Crippen molar-refractivity contribution in [3.63, 3.8) is 0 Å². The highest BCUT2D eigenvalue weighted by atomic mass is 32.2. The van der Waals surface area contributed by atoms with Gasteiger partial charge in [-0.05, 0) is 24.0 Å². The Morgan fingerprint density at radius 2 is 1.95 bits per heavy atom. The van der Waals surface area contributed by atoms with E-state index in [1.54, 1.807) is 18.2 Å². The normalized spacial score (nSPS) is 23.9. The lowest BCUT2D eigenvalue weighted by Crippen LogP contribution is -2.42. The Bertz CT molecular complexity index is 621. The molecule has 1 atom stereocenters. The number of aliphatic carboxylic acids is 1. The average molecular weight is 281 g/mol. The van der Waals surface area contributed by atoms with Crippen LogP contribution in [-0.2, 0) is 21.4 Å². The standard InChI is InChI=1S/C13H15NO4S/c15-13(16)12-8-14(19(17,18)10-5-6-10)7-9-3-1-2-4-11(9)12/h1-4,10,12H,5-8H2,(H,15,16). The van der Waals surface area contributed by atoms with E-state index in [1.165, 1.54) is 4.31 Å². The van der Waals surface area contributed by atoms with Crippen LogP contribution >= 0.6 is 0 Å². The summed E-state index contributed by atoms with van der Waals surface area (Å²) < 4.78 is 25.9. The summed E-state index contributed by atoms with van der Waals surface area (Å²) in [5.41, 5.74) is 1.53. The maximum atomic E-state index is 12.3. The molecule has 1 fully saturated rings. The molecule has 102 valence electrons. The van der Waals surface area contributed by atoms with Gasteiger partial charge in [-0.1, -0.05) is 24.3 Å². The molecule has 1 unspecified atom stereocenters. The number of nitrogens with zero attached hydrogens (tertiary/aromatic N) is 1. The molecule has 2 aliphatic rings. The van der Waals surface area contributed by atoms with E-state index in [1.807, 2.05) is 6.07 Å². The van der Waals surface area contributed by atoms with Crippen LogP contribution in [0.15, 0.2) is 24.3 Å². The van der Waals surface area contributed by atoms with E-state index in [0.29, 0.717) is 19.4 Å². The maximum absolute atomic E-state index is 12.3. The monoisotopic (exact) mass is 281 g/mol. The average Bonchev–Trinajstić information content (AvgIpc) is 3.21. The van der Waals surface area contributed by atoms with Crippen molar-refractivity contribution in [1.82, 2.24) is 4.31 Å². The van der Waals surface area contributed by atoms with E-state index in [-0.39, 0.29) is 11.8 Å². The van der Waals surface area contributed by atoms with Crippen molar-refractivity contribution in [1.29, 1.82) is 0 Å². The maximum Gasteiger partial charge on any atom is 0.312 e. The van der Waals surface area contributed by atoms with Crippen LogP contribution in [0.4, 0.5) is 0 Å². The SMILES string of the molecule is O=C(O)C1CN(S(=O)(=O)C2CC2)Cc2ccccc21. The second-order valence-corrected chi connectivity index (χ2v) is 7.34. The molecule has 0 radical (unpaired) electrons. The number of sulfonamides is 1. The number of rotatable bonds is 3. The highest BCUT2D eigenvalue weighted by molar-refractivity contribution is 7.90. The summed E-state index contributed by atoms with van der Waals surface area (Å²) in [4.78, 5) is 11.4. The number of fused-ring (bicyclic) bond motifs is 1. The summed E-state index contributed by atoms with van der Waals surface area (Å²) in [5, 5.41) is 9.00. The Morgan fingerprint density at radius 3 is 2.58 bits per heavy atom. The van der Waals surface area contributed by atoms with Crippen LogP contribution in [0.25, 0.3) is 0 Å². The van der Waals surface area contributed by atoms with Gasteiger partial charge in [0.05, 0.1) is 11.2 Å². The van der Waals surface area contributed by atoms with Gasteiger partial charge in [-0.3, -0.25) is 4.79 Å². The Hall–Kier alpha value is -1.40. The van der Waals surface area contributed by atoms with Gasteiger partial charge >= 0.3 is 5.97 Å². The molecule has 19 heavy (non-hydrogen) atoms. The molecule has 1 aliphatic carbocycles. The van der Waals surface area contributed by atoms with E-state index in [9.17, 15) is 18.3 Å². The molecular weight excluding hydrogens is 266 g/mol. The molecule has 6 heteroatoms. The van der Waals surface area contributed by atoms with Crippen LogP contribution in [0.1, 0.15) is 29.9 Å². The minimum absolute atomic E-state index is 0.0468. The van der Waals surface area contributed by atoms with E-state index in [4.69, 9.17) is 0 Å². The third-order valence-electron chi connectivity index (χ3n) is 3.77. The van der Waals surface area contributed by atoms with Gasteiger partial charge in [-0.25, -0.2) is 8.42 Å². The Morgan fingerprint density at radius 1 is 1.26 bits per heavy atom. The Balaban J connectivity index is 1.99. The van der Waals surface area contributed by atoms with Crippen LogP contribution in [0.2, 0.25) is 0 Å². The zero-order valence-electron chi connectivity index (χ0n) is 10.3. The lowest BCUT2D eigenvalue weighted by Gasteiger charge is -2.32. The molecule has 1 N–H and O–H groups in total. The summed E-state index contributed by atoms with van der Waals surface area (Å²) in [6.07, 6.45) is 1.39. The van der Waals surface area contributed by atoms with Crippen LogP contribution in [-0.4, -0.2) is 35.6 Å². The molecule has 1 aliphatic heterocycles. The molecule has 0 bridgehead atoms. The fraction of sp³-hybridized carbons (Fsp3) is 0.462. The molecule has 0 amide bonds. The first-order chi connectivity index (χ1) is 9.00. The second kappa shape index (κ2) is 4.31. The van der Waals surface area contributed by atoms with Gasteiger partial charge in [-0.15, -0.1) is 0 Å². The van der Waals surface area contributed by atoms with Crippen molar-refractivity contribution in [2.75, 3.05) is 6.54 Å². The summed E-state index contributed by atoms with van der Waals surface area (Å²) in [6, 6.07) is 7.18. The first-order valence-corrected chi connectivity index (χ1v) is 7.80. The highest BCUT2D eigenvalue weighted by Gasteiger charge is 2.43. The van der Waals surface area contributed by atoms with E-state index < -0.39 is 21.9 Å². The van der Waals surface area contributed by atoms with Crippen LogP contribution in [0.3, 0.4) is 0 Å². The summed E-state index contributed by atoms with van der Waals surface area (Å²) in [6.45, 7) is 0.337. The zero-order valence-corrected chi connectivity index (χ0v) is 11.1. The molecule has 3 rings (SSSR count).